The zero-order valence-corrected chi connectivity index (χ0v) is 9.54. The summed E-state index contributed by atoms with van der Waals surface area (Å²) in [6.45, 7) is 1.39. The minimum Gasteiger partial charge on any atom is -0.503 e. The second-order valence-electron chi connectivity index (χ2n) is 3.36. The molecule has 1 heterocycles. The standard InChI is InChI=1S/C10H10F3NO4/c1-5-6(4-8(16)17-2)3-7(15)9(14-5)18-10(11,12)13/h3,15H,4H2,1-2H3. The fourth-order valence-electron chi connectivity index (χ4n) is 1.20. The number of esters is 1. The number of hydrogen-bond donors (Lipinski definition) is 1. The Morgan fingerprint density at radius 1 is 1.50 bits per heavy atom. The van der Waals surface area contributed by atoms with E-state index >= 15 is 0 Å². The van der Waals surface area contributed by atoms with Crippen LogP contribution in [0.1, 0.15) is 11.3 Å². The van der Waals surface area contributed by atoms with Gasteiger partial charge >= 0.3 is 12.3 Å². The molecular formula is C10H10F3NO4. The molecule has 0 aliphatic rings. The summed E-state index contributed by atoms with van der Waals surface area (Å²) in [6.07, 6.45) is -5.14. The summed E-state index contributed by atoms with van der Waals surface area (Å²) in [5.41, 5.74) is 0.395. The van der Waals surface area contributed by atoms with E-state index in [0.29, 0.717) is 0 Å². The van der Waals surface area contributed by atoms with Crippen LogP contribution >= 0.6 is 0 Å². The Morgan fingerprint density at radius 3 is 2.61 bits per heavy atom. The van der Waals surface area contributed by atoms with Gasteiger partial charge in [0.25, 0.3) is 5.88 Å². The number of carbonyl (C=O) groups excluding carboxylic acids is 1. The second kappa shape index (κ2) is 5.11. The van der Waals surface area contributed by atoms with Gasteiger partial charge in [-0.1, -0.05) is 0 Å². The van der Waals surface area contributed by atoms with Crippen LogP contribution in [0.25, 0.3) is 0 Å². The molecule has 8 heteroatoms. The van der Waals surface area contributed by atoms with Gasteiger partial charge in [-0.15, -0.1) is 13.2 Å². The third-order valence-electron chi connectivity index (χ3n) is 2.04. The van der Waals surface area contributed by atoms with Crippen molar-refractivity contribution in [3.63, 3.8) is 0 Å². The Kier molecular flexibility index (Phi) is 4.00. The smallest absolute Gasteiger partial charge is 0.503 e. The van der Waals surface area contributed by atoms with E-state index in [-0.39, 0.29) is 17.7 Å². The van der Waals surface area contributed by atoms with Crippen LogP contribution in [0.3, 0.4) is 0 Å². The lowest BCUT2D eigenvalue weighted by Gasteiger charge is -2.12. The van der Waals surface area contributed by atoms with Crippen molar-refractivity contribution < 1.29 is 32.5 Å². The van der Waals surface area contributed by atoms with Gasteiger partial charge in [0.1, 0.15) is 0 Å². The molecular weight excluding hydrogens is 255 g/mol. The molecule has 0 unspecified atom stereocenters. The largest absolute Gasteiger partial charge is 0.574 e. The highest BCUT2D eigenvalue weighted by atomic mass is 19.4. The van der Waals surface area contributed by atoms with E-state index in [1.165, 1.54) is 14.0 Å². The van der Waals surface area contributed by atoms with Gasteiger partial charge in [-0.05, 0) is 18.6 Å². The van der Waals surface area contributed by atoms with Crippen molar-refractivity contribution >= 4 is 5.97 Å². The number of carbonyl (C=O) groups is 1. The fourth-order valence-corrected chi connectivity index (χ4v) is 1.20. The van der Waals surface area contributed by atoms with Crippen molar-refractivity contribution in [1.29, 1.82) is 0 Å². The molecule has 0 aliphatic carbocycles. The molecule has 0 radical (unpaired) electrons. The van der Waals surface area contributed by atoms with Gasteiger partial charge in [0.2, 0.25) is 0 Å². The predicted octanol–water partition coefficient (Wildman–Crippen LogP) is 1.71. The van der Waals surface area contributed by atoms with Gasteiger partial charge in [-0.2, -0.15) is 0 Å². The van der Waals surface area contributed by atoms with Crippen molar-refractivity contribution in [3.8, 4) is 11.6 Å². The summed E-state index contributed by atoms with van der Waals surface area (Å²) in [7, 11) is 1.17. The van der Waals surface area contributed by atoms with E-state index in [2.05, 4.69) is 14.5 Å². The zero-order chi connectivity index (χ0) is 13.9. The number of halogens is 3. The number of aryl methyl sites for hydroxylation is 1. The first kappa shape index (κ1) is 14.1. The van der Waals surface area contributed by atoms with E-state index in [1.807, 2.05) is 0 Å². The lowest BCUT2D eigenvalue weighted by Crippen LogP contribution is -2.18. The minimum absolute atomic E-state index is 0.137. The van der Waals surface area contributed by atoms with Gasteiger partial charge in [0.15, 0.2) is 5.75 Å². The third kappa shape index (κ3) is 3.79. The molecule has 0 bridgehead atoms. The van der Waals surface area contributed by atoms with Gasteiger partial charge in [0.05, 0.1) is 13.5 Å². The first-order valence-electron chi connectivity index (χ1n) is 4.75. The predicted molar refractivity (Wildman–Crippen MR) is 53.0 cm³/mol. The van der Waals surface area contributed by atoms with Crippen LogP contribution in [0.2, 0.25) is 0 Å². The first-order chi connectivity index (χ1) is 8.23. The maximum atomic E-state index is 12.0. The fraction of sp³-hybridized carbons (Fsp3) is 0.400. The van der Waals surface area contributed by atoms with Crippen molar-refractivity contribution in [3.05, 3.63) is 17.3 Å². The van der Waals surface area contributed by atoms with Gasteiger partial charge in [0, 0.05) is 5.69 Å². The molecule has 0 fully saturated rings. The van der Waals surface area contributed by atoms with Crippen LogP contribution in [0.4, 0.5) is 13.2 Å². The number of pyridine rings is 1. The van der Waals surface area contributed by atoms with Gasteiger partial charge in [-0.25, -0.2) is 4.98 Å². The molecule has 0 saturated carbocycles. The monoisotopic (exact) mass is 265 g/mol. The van der Waals surface area contributed by atoms with E-state index < -0.39 is 24.0 Å². The quantitative estimate of drug-likeness (QED) is 0.842. The molecule has 0 aromatic carbocycles. The average molecular weight is 265 g/mol. The molecule has 5 nitrogen and oxygen atoms in total. The Balaban J connectivity index is 3.01. The van der Waals surface area contributed by atoms with E-state index in [1.54, 1.807) is 0 Å². The molecule has 0 spiro atoms. The maximum Gasteiger partial charge on any atom is 0.574 e. The molecule has 0 amide bonds. The van der Waals surface area contributed by atoms with Gasteiger partial charge in [-0.3, -0.25) is 4.79 Å². The number of hydrogen-bond acceptors (Lipinski definition) is 5. The topological polar surface area (TPSA) is 68.7 Å². The van der Waals surface area contributed by atoms with Crippen LogP contribution in [0, 0.1) is 6.92 Å². The third-order valence-corrected chi connectivity index (χ3v) is 2.04. The lowest BCUT2D eigenvalue weighted by molar-refractivity contribution is -0.276. The zero-order valence-electron chi connectivity index (χ0n) is 9.54. The summed E-state index contributed by atoms with van der Waals surface area (Å²) in [5, 5.41) is 9.33. The second-order valence-corrected chi connectivity index (χ2v) is 3.36. The molecule has 1 aromatic heterocycles. The van der Waals surface area contributed by atoms with Crippen molar-refractivity contribution in [2.45, 2.75) is 19.7 Å². The van der Waals surface area contributed by atoms with E-state index in [0.717, 1.165) is 6.07 Å². The highest BCUT2D eigenvalue weighted by Gasteiger charge is 2.33. The lowest BCUT2D eigenvalue weighted by atomic mass is 10.1. The minimum atomic E-state index is -4.94. The molecule has 0 aliphatic heterocycles. The highest BCUT2D eigenvalue weighted by molar-refractivity contribution is 5.73. The Bertz CT molecular complexity index is 459. The summed E-state index contributed by atoms with van der Waals surface area (Å²) in [4.78, 5) is 14.5. The van der Waals surface area contributed by atoms with E-state index in [4.69, 9.17) is 0 Å². The van der Waals surface area contributed by atoms with Crippen LogP contribution in [-0.4, -0.2) is 29.5 Å². The first-order valence-corrected chi connectivity index (χ1v) is 4.75. The Morgan fingerprint density at radius 2 is 2.11 bits per heavy atom. The van der Waals surface area contributed by atoms with Gasteiger partial charge < -0.3 is 14.6 Å². The van der Waals surface area contributed by atoms with Crippen molar-refractivity contribution in [2.75, 3.05) is 7.11 Å². The molecule has 1 aromatic rings. The number of rotatable bonds is 3. The number of aromatic nitrogens is 1. The summed E-state index contributed by atoms with van der Waals surface area (Å²) in [6, 6.07) is 0.986. The number of methoxy groups -OCH3 is 1. The molecule has 1 rings (SSSR count). The van der Waals surface area contributed by atoms with Crippen LogP contribution < -0.4 is 4.74 Å². The van der Waals surface area contributed by atoms with Crippen molar-refractivity contribution in [2.24, 2.45) is 0 Å². The average Bonchev–Trinajstić information content (AvgIpc) is 2.23. The van der Waals surface area contributed by atoms with Crippen LogP contribution in [-0.2, 0) is 16.0 Å². The number of alkyl halides is 3. The molecule has 0 atom stereocenters. The maximum absolute atomic E-state index is 12.0. The normalized spacial score (nSPS) is 11.2. The number of nitrogens with zero attached hydrogens (tertiary/aromatic N) is 1. The summed E-state index contributed by atoms with van der Waals surface area (Å²) < 4.78 is 43.8. The molecule has 100 valence electrons. The Hall–Kier alpha value is -1.99. The van der Waals surface area contributed by atoms with Crippen LogP contribution in [0.15, 0.2) is 6.07 Å². The SMILES string of the molecule is COC(=O)Cc1cc(O)c(OC(F)(F)F)nc1C. The Labute approximate surface area is 100 Å². The van der Waals surface area contributed by atoms with Crippen molar-refractivity contribution in [1.82, 2.24) is 4.98 Å². The molecule has 18 heavy (non-hydrogen) atoms. The highest BCUT2D eigenvalue weighted by Crippen LogP contribution is 2.31. The molecule has 0 saturated heterocycles. The summed E-state index contributed by atoms with van der Waals surface area (Å²) in [5.74, 6) is -2.34. The van der Waals surface area contributed by atoms with E-state index in [9.17, 15) is 23.1 Å². The number of aromatic hydroxyl groups is 1. The van der Waals surface area contributed by atoms with Crippen LogP contribution in [0.5, 0.6) is 11.6 Å². The number of ether oxygens (including phenoxy) is 2. The molecule has 1 N–H and O–H groups in total. The summed E-state index contributed by atoms with van der Waals surface area (Å²) >= 11 is 0.